The van der Waals surface area contributed by atoms with Crippen LogP contribution in [0, 0.1) is 11.8 Å². The summed E-state index contributed by atoms with van der Waals surface area (Å²) in [4.78, 5) is 0. The maximum atomic E-state index is 5.45. The average Bonchev–Trinajstić information content (AvgIpc) is 2.50. The molecule has 0 saturated carbocycles. The Morgan fingerprint density at radius 3 is 3.00 bits per heavy atom. The summed E-state index contributed by atoms with van der Waals surface area (Å²) in [5.74, 6) is 1.70. The number of rotatable bonds is 1. The molecule has 3 heteroatoms. The van der Waals surface area contributed by atoms with Crippen molar-refractivity contribution in [2.45, 2.75) is 6.42 Å². The predicted molar refractivity (Wildman–Crippen MR) is 47.5 cm³/mol. The summed E-state index contributed by atoms with van der Waals surface area (Å²) in [7, 11) is 0. The van der Waals surface area contributed by atoms with E-state index in [0.29, 0.717) is 0 Å². The van der Waals surface area contributed by atoms with E-state index < -0.39 is 0 Å². The van der Waals surface area contributed by atoms with E-state index in [0.717, 1.165) is 25.0 Å². The molecule has 2 nitrogen and oxygen atoms in total. The Bertz CT molecular complexity index is 142. The van der Waals surface area contributed by atoms with Gasteiger partial charge in [-0.15, -0.1) is 0 Å². The zero-order valence-corrected chi connectivity index (χ0v) is 7.77. The fraction of sp³-hybridized carbons (Fsp3) is 1.00. The molecule has 2 rings (SSSR count). The normalized spacial score (nSPS) is 39.0. The van der Waals surface area contributed by atoms with Crippen LogP contribution >= 0.6 is 11.9 Å². The van der Waals surface area contributed by atoms with Gasteiger partial charge in [-0.1, -0.05) is 11.9 Å². The van der Waals surface area contributed by atoms with E-state index in [1.54, 1.807) is 0 Å². The Kier molecular flexibility index (Phi) is 2.39. The fourth-order valence-electron chi connectivity index (χ4n) is 1.99. The molecule has 0 N–H and O–H groups in total. The lowest BCUT2D eigenvalue weighted by molar-refractivity contribution is 0.181. The molecule has 2 heterocycles. The Morgan fingerprint density at radius 1 is 1.36 bits per heavy atom. The minimum Gasteiger partial charge on any atom is -0.381 e. The molecule has 0 aromatic heterocycles. The van der Waals surface area contributed by atoms with Crippen LogP contribution in [0.15, 0.2) is 0 Å². The van der Waals surface area contributed by atoms with E-state index in [1.807, 2.05) is 11.9 Å². The average molecular weight is 173 g/mol. The summed E-state index contributed by atoms with van der Waals surface area (Å²) in [6.07, 6.45) is 3.50. The van der Waals surface area contributed by atoms with Crippen molar-refractivity contribution >= 4 is 11.9 Å². The highest BCUT2D eigenvalue weighted by atomic mass is 32.2. The van der Waals surface area contributed by atoms with Gasteiger partial charge < -0.3 is 4.74 Å². The maximum absolute atomic E-state index is 5.45. The molecule has 0 aliphatic carbocycles. The second kappa shape index (κ2) is 3.33. The summed E-state index contributed by atoms with van der Waals surface area (Å²) in [6.45, 7) is 4.52. The Morgan fingerprint density at radius 2 is 2.18 bits per heavy atom. The topological polar surface area (TPSA) is 12.5 Å². The summed E-state index contributed by atoms with van der Waals surface area (Å²) < 4.78 is 7.90. The van der Waals surface area contributed by atoms with Crippen molar-refractivity contribution in [3.63, 3.8) is 0 Å². The van der Waals surface area contributed by atoms with Crippen LogP contribution in [0.3, 0.4) is 0 Å². The Balaban J connectivity index is 1.91. The van der Waals surface area contributed by atoms with E-state index in [4.69, 9.17) is 4.74 Å². The molecule has 2 atom stereocenters. The first-order chi connectivity index (χ1) is 5.40. The van der Waals surface area contributed by atoms with Crippen molar-refractivity contribution in [1.29, 1.82) is 0 Å². The molecule has 2 aliphatic rings. The Hall–Kier alpha value is 0.270. The van der Waals surface area contributed by atoms with E-state index in [9.17, 15) is 0 Å². The van der Waals surface area contributed by atoms with Crippen LogP contribution in [0.5, 0.6) is 0 Å². The van der Waals surface area contributed by atoms with Gasteiger partial charge in [0.05, 0.1) is 6.61 Å². The first-order valence-electron chi connectivity index (χ1n) is 4.27. The van der Waals surface area contributed by atoms with Gasteiger partial charge in [0.1, 0.15) is 0 Å². The number of hydrogen-bond acceptors (Lipinski definition) is 3. The lowest BCUT2D eigenvalue weighted by atomic mass is 9.90. The quantitative estimate of drug-likeness (QED) is 0.553. The Labute approximate surface area is 72.4 Å². The van der Waals surface area contributed by atoms with Crippen molar-refractivity contribution < 1.29 is 4.74 Å². The molecule has 0 aromatic rings. The third-order valence-electron chi connectivity index (χ3n) is 2.78. The van der Waals surface area contributed by atoms with Gasteiger partial charge in [-0.25, -0.2) is 0 Å². The van der Waals surface area contributed by atoms with E-state index >= 15 is 0 Å². The van der Waals surface area contributed by atoms with Gasteiger partial charge in [0.2, 0.25) is 0 Å². The van der Waals surface area contributed by atoms with Crippen molar-refractivity contribution in [2.75, 3.05) is 32.6 Å². The molecule has 0 amide bonds. The van der Waals surface area contributed by atoms with Crippen molar-refractivity contribution in [3.05, 3.63) is 0 Å². The number of nitrogens with zero attached hydrogens (tertiary/aromatic N) is 1. The van der Waals surface area contributed by atoms with E-state index in [1.165, 1.54) is 19.5 Å². The third-order valence-corrected chi connectivity index (χ3v) is 3.62. The second-order valence-corrected chi connectivity index (χ2v) is 4.30. The van der Waals surface area contributed by atoms with Gasteiger partial charge in [-0.05, 0) is 18.6 Å². The van der Waals surface area contributed by atoms with Crippen LogP contribution in [0.2, 0.25) is 0 Å². The molecule has 0 bridgehead atoms. The number of ether oxygens (including phenoxy) is 1. The maximum Gasteiger partial charge on any atom is 0.0510 e. The summed E-state index contributed by atoms with van der Waals surface area (Å²) in [5.41, 5.74) is 0. The highest BCUT2D eigenvalue weighted by molar-refractivity contribution is 7.96. The lowest BCUT2D eigenvalue weighted by Gasteiger charge is -2.31. The summed E-state index contributed by atoms with van der Waals surface area (Å²) in [6, 6.07) is 0. The molecule has 0 radical (unpaired) electrons. The highest BCUT2D eigenvalue weighted by Gasteiger charge is 2.33. The van der Waals surface area contributed by atoms with Gasteiger partial charge in [-0.2, -0.15) is 0 Å². The van der Waals surface area contributed by atoms with Crippen LogP contribution in [0.4, 0.5) is 0 Å². The molecule has 11 heavy (non-hydrogen) atoms. The largest absolute Gasteiger partial charge is 0.381 e. The molecular formula is C8H15NOS. The van der Waals surface area contributed by atoms with Crippen LogP contribution in [0.25, 0.3) is 0 Å². The van der Waals surface area contributed by atoms with Gasteiger partial charge in [0, 0.05) is 25.6 Å². The van der Waals surface area contributed by atoms with Gasteiger partial charge in [0.15, 0.2) is 0 Å². The molecule has 2 saturated heterocycles. The molecule has 0 spiro atoms. The predicted octanol–water partition coefficient (Wildman–Crippen LogP) is 1.23. The van der Waals surface area contributed by atoms with Crippen molar-refractivity contribution in [2.24, 2.45) is 11.8 Å². The molecule has 2 aliphatic heterocycles. The standard InChI is InChI=1S/C8H15NOS/c1-11-9-3-2-7-5-10-6-8(7)4-9/h7-8H,2-6H2,1H3. The van der Waals surface area contributed by atoms with E-state index in [-0.39, 0.29) is 0 Å². The number of fused-ring (bicyclic) bond motifs is 1. The van der Waals surface area contributed by atoms with E-state index in [2.05, 4.69) is 10.6 Å². The summed E-state index contributed by atoms with van der Waals surface area (Å²) >= 11 is 1.87. The summed E-state index contributed by atoms with van der Waals surface area (Å²) in [5, 5.41) is 0. The first kappa shape index (κ1) is 7.90. The first-order valence-corrected chi connectivity index (χ1v) is 5.45. The lowest BCUT2D eigenvalue weighted by Crippen LogP contribution is -2.35. The SMILES string of the molecule is CSN1CCC2COCC2C1. The van der Waals surface area contributed by atoms with Crippen LogP contribution in [0.1, 0.15) is 6.42 Å². The number of hydrogen-bond donors (Lipinski definition) is 0. The number of piperidine rings is 1. The molecule has 2 fully saturated rings. The molecule has 2 unspecified atom stereocenters. The van der Waals surface area contributed by atoms with Crippen LogP contribution in [-0.2, 0) is 4.74 Å². The second-order valence-electron chi connectivity index (χ2n) is 3.42. The molecule has 64 valence electrons. The molecular weight excluding hydrogens is 158 g/mol. The minimum atomic E-state index is 0.830. The fourth-order valence-corrected chi connectivity index (χ4v) is 2.62. The van der Waals surface area contributed by atoms with Crippen LogP contribution < -0.4 is 0 Å². The van der Waals surface area contributed by atoms with Crippen molar-refractivity contribution in [3.8, 4) is 0 Å². The van der Waals surface area contributed by atoms with Crippen molar-refractivity contribution in [1.82, 2.24) is 4.31 Å². The monoisotopic (exact) mass is 173 g/mol. The smallest absolute Gasteiger partial charge is 0.0510 e. The van der Waals surface area contributed by atoms with Crippen LogP contribution in [-0.4, -0.2) is 36.9 Å². The highest BCUT2D eigenvalue weighted by Crippen LogP contribution is 2.31. The van der Waals surface area contributed by atoms with Gasteiger partial charge >= 0.3 is 0 Å². The molecule has 0 aromatic carbocycles. The van der Waals surface area contributed by atoms with Gasteiger partial charge in [-0.3, -0.25) is 4.31 Å². The zero-order chi connectivity index (χ0) is 7.68. The third kappa shape index (κ3) is 1.55. The zero-order valence-electron chi connectivity index (χ0n) is 6.95. The van der Waals surface area contributed by atoms with Gasteiger partial charge in [0.25, 0.3) is 0 Å². The minimum absolute atomic E-state index is 0.830.